The average molecular weight is 406 g/mol. The first kappa shape index (κ1) is 20.1. The maximum absolute atomic E-state index is 12.7. The van der Waals surface area contributed by atoms with Crippen LogP contribution in [0.15, 0.2) is 29.4 Å². The molecule has 0 saturated carbocycles. The zero-order valence-electron chi connectivity index (χ0n) is 16.0. The van der Waals surface area contributed by atoms with Crippen LogP contribution in [0.1, 0.15) is 27.2 Å². The molecule has 1 amide bonds. The van der Waals surface area contributed by atoms with E-state index in [0.717, 1.165) is 6.42 Å². The fraction of sp³-hybridized carbons (Fsp3) is 0.500. The smallest absolute Gasteiger partial charge is 0.410 e. The molecule has 0 N–H and O–H groups in total. The van der Waals surface area contributed by atoms with E-state index in [-0.39, 0.29) is 17.7 Å². The van der Waals surface area contributed by atoms with Crippen molar-refractivity contribution < 1.29 is 18.7 Å². The number of aromatic nitrogens is 2. The molecule has 1 saturated heterocycles. The summed E-state index contributed by atoms with van der Waals surface area (Å²) in [6.45, 7) is 6.53. The molecule has 2 heterocycles. The molecule has 2 aromatic rings. The first-order valence-electron chi connectivity index (χ1n) is 8.90. The van der Waals surface area contributed by atoms with Gasteiger partial charge in [-0.1, -0.05) is 0 Å². The van der Waals surface area contributed by atoms with Gasteiger partial charge in [0, 0.05) is 31.0 Å². The van der Waals surface area contributed by atoms with Crippen LogP contribution >= 0.6 is 0 Å². The SMILES string of the molecule is CC(C)(C)OC(=O)N1CC[C@H](C[S@@](=O)c2cnc3cc([N+](=O)[O-])ccc3n2)C1. The maximum atomic E-state index is 12.7. The van der Waals surface area contributed by atoms with Crippen LogP contribution in [-0.4, -0.2) is 54.5 Å². The van der Waals surface area contributed by atoms with Gasteiger partial charge in [0.1, 0.15) is 10.6 Å². The molecule has 28 heavy (non-hydrogen) atoms. The number of likely N-dealkylation sites (tertiary alicyclic amines) is 1. The van der Waals surface area contributed by atoms with Crippen LogP contribution in [0.3, 0.4) is 0 Å². The normalized spacial score (nSPS) is 18.2. The van der Waals surface area contributed by atoms with Crippen LogP contribution in [-0.2, 0) is 15.5 Å². The molecular formula is C18H22N4O5S. The summed E-state index contributed by atoms with van der Waals surface area (Å²) in [5, 5.41) is 11.2. The van der Waals surface area contributed by atoms with Crippen molar-refractivity contribution in [1.29, 1.82) is 0 Å². The second-order valence-corrected chi connectivity index (χ2v) is 9.17. The van der Waals surface area contributed by atoms with E-state index in [2.05, 4.69) is 9.97 Å². The van der Waals surface area contributed by atoms with Crippen LogP contribution in [0, 0.1) is 16.0 Å². The van der Waals surface area contributed by atoms with Crippen molar-refractivity contribution in [3.05, 3.63) is 34.5 Å². The molecule has 0 aliphatic carbocycles. The summed E-state index contributed by atoms with van der Waals surface area (Å²) in [6, 6.07) is 4.19. The number of nitro groups is 1. The Hall–Kier alpha value is -2.62. The number of carbonyl (C=O) groups excluding carboxylic acids is 1. The molecule has 0 bridgehead atoms. The standard InChI is InChI=1S/C18H22N4O5S/c1-18(2,3)27-17(23)21-7-6-12(10-21)11-28(26)16-9-19-15-8-13(22(24)25)4-5-14(15)20-16/h4-5,8-9,12H,6-7,10-11H2,1-3H3/t12-,28+/m0/s1. The van der Waals surface area contributed by atoms with Gasteiger partial charge in [0.05, 0.1) is 33.0 Å². The monoisotopic (exact) mass is 406 g/mol. The minimum atomic E-state index is -1.38. The Morgan fingerprint density at radius 1 is 1.39 bits per heavy atom. The van der Waals surface area contributed by atoms with Crippen molar-refractivity contribution in [2.75, 3.05) is 18.8 Å². The number of hydrogen-bond donors (Lipinski definition) is 0. The summed E-state index contributed by atoms with van der Waals surface area (Å²) in [5.41, 5.74) is 0.224. The molecule has 10 heteroatoms. The lowest BCUT2D eigenvalue weighted by atomic mass is 10.2. The van der Waals surface area contributed by atoms with E-state index in [1.807, 2.05) is 20.8 Å². The Morgan fingerprint density at radius 2 is 2.14 bits per heavy atom. The Kier molecular flexibility index (Phi) is 5.59. The lowest BCUT2D eigenvalue weighted by molar-refractivity contribution is -0.384. The fourth-order valence-electron chi connectivity index (χ4n) is 2.97. The number of rotatable bonds is 4. The Balaban J connectivity index is 1.64. The van der Waals surface area contributed by atoms with E-state index in [0.29, 0.717) is 34.9 Å². The second kappa shape index (κ2) is 7.78. The molecule has 150 valence electrons. The number of ether oxygens (including phenoxy) is 1. The summed E-state index contributed by atoms with van der Waals surface area (Å²) < 4.78 is 18.1. The number of hydrogen-bond acceptors (Lipinski definition) is 7. The number of nitro benzene ring substituents is 1. The van der Waals surface area contributed by atoms with E-state index in [9.17, 15) is 19.1 Å². The molecule has 2 atom stereocenters. The molecule has 1 aromatic carbocycles. The highest BCUT2D eigenvalue weighted by atomic mass is 32.2. The Labute approximate surface area is 164 Å². The van der Waals surface area contributed by atoms with E-state index < -0.39 is 21.3 Å². The van der Waals surface area contributed by atoms with Gasteiger partial charge < -0.3 is 9.64 Å². The van der Waals surface area contributed by atoms with E-state index in [1.165, 1.54) is 24.4 Å². The second-order valence-electron chi connectivity index (χ2n) is 7.73. The molecule has 3 rings (SSSR count). The lowest BCUT2D eigenvalue weighted by Gasteiger charge is -2.24. The van der Waals surface area contributed by atoms with Crippen LogP contribution < -0.4 is 0 Å². The average Bonchev–Trinajstić information content (AvgIpc) is 3.08. The van der Waals surface area contributed by atoms with Crippen molar-refractivity contribution in [3.8, 4) is 0 Å². The van der Waals surface area contributed by atoms with Gasteiger partial charge in [-0.25, -0.2) is 9.78 Å². The van der Waals surface area contributed by atoms with Gasteiger partial charge in [0.25, 0.3) is 5.69 Å². The van der Waals surface area contributed by atoms with Crippen molar-refractivity contribution in [2.24, 2.45) is 5.92 Å². The van der Waals surface area contributed by atoms with Crippen LogP contribution in [0.4, 0.5) is 10.5 Å². The van der Waals surface area contributed by atoms with Gasteiger partial charge in [-0.15, -0.1) is 0 Å². The largest absolute Gasteiger partial charge is 0.444 e. The molecule has 9 nitrogen and oxygen atoms in total. The predicted octanol–water partition coefficient (Wildman–Crippen LogP) is 2.90. The summed E-state index contributed by atoms with van der Waals surface area (Å²) in [7, 11) is -1.38. The number of carbonyl (C=O) groups is 1. The van der Waals surface area contributed by atoms with Crippen LogP contribution in [0.2, 0.25) is 0 Å². The highest BCUT2D eigenvalue weighted by Gasteiger charge is 2.31. The van der Waals surface area contributed by atoms with Crippen LogP contribution in [0.25, 0.3) is 11.0 Å². The third-order valence-electron chi connectivity index (χ3n) is 4.27. The third kappa shape index (κ3) is 4.80. The highest BCUT2D eigenvalue weighted by molar-refractivity contribution is 7.84. The predicted molar refractivity (Wildman–Crippen MR) is 103 cm³/mol. The summed E-state index contributed by atoms with van der Waals surface area (Å²) in [5.74, 6) is 0.453. The molecular weight excluding hydrogens is 384 g/mol. The molecule has 0 radical (unpaired) electrons. The van der Waals surface area contributed by atoms with Crippen molar-refractivity contribution in [1.82, 2.24) is 14.9 Å². The van der Waals surface area contributed by atoms with Crippen molar-refractivity contribution in [2.45, 2.75) is 37.8 Å². The summed E-state index contributed by atoms with van der Waals surface area (Å²) in [6.07, 6.45) is 1.79. The van der Waals surface area contributed by atoms with Crippen molar-refractivity contribution >= 4 is 33.6 Å². The van der Waals surface area contributed by atoms with Gasteiger partial charge in [-0.3, -0.25) is 19.3 Å². The number of amides is 1. The molecule has 1 aliphatic rings. The Bertz CT molecular complexity index is 943. The first-order chi connectivity index (χ1) is 13.1. The van der Waals surface area contributed by atoms with Gasteiger partial charge in [-0.05, 0) is 39.2 Å². The van der Waals surface area contributed by atoms with E-state index in [4.69, 9.17) is 4.74 Å². The van der Waals surface area contributed by atoms with Gasteiger partial charge >= 0.3 is 6.09 Å². The quantitative estimate of drug-likeness (QED) is 0.566. The Morgan fingerprint density at radius 3 is 2.82 bits per heavy atom. The minimum absolute atomic E-state index is 0.0659. The number of non-ortho nitro benzene ring substituents is 1. The molecule has 1 aromatic heterocycles. The zero-order valence-corrected chi connectivity index (χ0v) is 16.8. The topological polar surface area (TPSA) is 116 Å². The highest BCUT2D eigenvalue weighted by Crippen LogP contribution is 2.23. The summed E-state index contributed by atoms with van der Waals surface area (Å²) in [4.78, 5) is 32.6. The fourth-order valence-corrected chi connectivity index (χ4v) is 4.21. The lowest BCUT2D eigenvalue weighted by Crippen LogP contribution is -2.35. The maximum Gasteiger partial charge on any atom is 0.410 e. The molecule has 1 aliphatic heterocycles. The van der Waals surface area contributed by atoms with E-state index in [1.54, 1.807) is 4.90 Å². The number of fused-ring (bicyclic) bond motifs is 1. The number of benzene rings is 1. The number of nitrogens with zero attached hydrogens (tertiary/aromatic N) is 4. The molecule has 1 fully saturated rings. The van der Waals surface area contributed by atoms with Gasteiger partial charge in [-0.2, -0.15) is 0 Å². The third-order valence-corrected chi connectivity index (χ3v) is 5.71. The first-order valence-corrected chi connectivity index (χ1v) is 10.2. The minimum Gasteiger partial charge on any atom is -0.444 e. The van der Waals surface area contributed by atoms with Gasteiger partial charge in [0.2, 0.25) is 0 Å². The van der Waals surface area contributed by atoms with Gasteiger partial charge in [0.15, 0.2) is 0 Å². The molecule has 0 spiro atoms. The zero-order chi connectivity index (χ0) is 20.5. The molecule has 0 unspecified atom stereocenters. The van der Waals surface area contributed by atoms with Crippen LogP contribution in [0.5, 0.6) is 0 Å². The van der Waals surface area contributed by atoms with E-state index >= 15 is 0 Å². The summed E-state index contributed by atoms with van der Waals surface area (Å²) >= 11 is 0. The van der Waals surface area contributed by atoms with Crippen molar-refractivity contribution in [3.63, 3.8) is 0 Å².